The van der Waals surface area contributed by atoms with E-state index in [0.29, 0.717) is 11.6 Å². The number of benzene rings is 2. The van der Waals surface area contributed by atoms with E-state index in [0.717, 1.165) is 36.9 Å². The molecule has 2 heterocycles. The third-order valence-corrected chi connectivity index (χ3v) is 4.77. The molecule has 1 aromatic heterocycles. The van der Waals surface area contributed by atoms with Crippen LogP contribution < -0.4 is 16.5 Å². The number of aromatic nitrogens is 3. The van der Waals surface area contributed by atoms with Gasteiger partial charge in [-0.3, -0.25) is 15.4 Å². The van der Waals surface area contributed by atoms with Crippen LogP contribution in [0.1, 0.15) is 22.9 Å². The van der Waals surface area contributed by atoms with E-state index in [9.17, 15) is 18.7 Å². The molecular formula is C19H19F2N5O2. The van der Waals surface area contributed by atoms with Gasteiger partial charge in [0.1, 0.15) is 18.2 Å². The van der Waals surface area contributed by atoms with Crippen LogP contribution in [0, 0.1) is 11.6 Å². The fourth-order valence-corrected chi connectivity index (χ4v) is 3.35. The zero-order chi connectivity index (χ0) is 19.7. The maximum Gasteiger partial charge on any atom is 0.351 e. The number of aliphatic hydroxyl groups is 1. The summed E-state index contributed by atoms with van der Waals surface area (Å²) in [6.07, 6.45) is 0. The monoisotopic (exact) mass is 387 g/mol. The minimum atomic E-state index is -0.729. The summed E-state index contributed by atoms with van der Waals surface area (Å²) in [5.74, 6) is -0.998. The van der Waals surface area contributed by atoms with Crippen molar-refractivity contribution in [3.63, 3.8) is 0 Å². The molecule has 146 valence electrons. The van der Waals surface area contributed by atoms with E-state index in [1.54, 1.807) is 12.1 Å². The second-order valence-electron chi connectivity index (χ2n) is 6.68. The molecule has 4 rings (SSSR count). The van der Waals surface area contributed by atoms with E-state index in [1.165, 1.54) is 9.25 Å². The van der Waals surface area contributed by atoms with Crippen molar-refractivity contribution in [2.75, 3.05) is 13.1 Å². The number of hydrogen-bond acceptors (Lipinski definition) is 5. The normalized spacial score (nSPS) is 14.7. The van der Waals surface area contributed by atoms with Crippen molar-refractivity contribution in [3.05, 3.63) is 81.5 Å². The first-order chi connectivity index (χ1) is 13.5. The number of nitrogens with zero attached hydrogens (tertiary/aromatic N) is 3. The van der Waals surface area contributed by atoms with Crippen LogP contribution in [0.3, 0.4) is 0 Å². The summed E-state index contributed by atoms with van der Waals surface area (Å²) in [7, 11) is 0. The maximum atomic E-state index is 13.4. The van der Waals surface area contributed by atoms with Gasteiger partial charge in [-0.2, -0.15) is 4.68 Å². The van der Waals surface area contributed by atoms with Gasteiger partial charge in [0.2, 0.25) is 0 Å². The first-order valence-electron chi connectivity index (χ1n) is 8.86. The maximum absolute atomic E-state index is 13.4. The molecular weight excluding hydrogens is 368 g/mol. The number of rotatable bonds is 5. The fraction of sp³-hybridized carbons (Fsp3) is 0.263. The summed E-state index contributed by atoms with van der Waals surface area (Å²) in [6.45, 7) is 1.08. The molecule has 0 bridgehead atoms. The standard InChI is InChI=1S/C19H19F2N5O2/c20-15-5-12(6-16(21)7-15)10-25-18(11-27)24-26(19(25)28)17-3-1-13(2-4-17)14-8-22-23-9-14/h1-7,14,22-23,27H,8-11H2. The van der Waals surface area contributed by atoms with Crippen molar-refractivity contribution in [2.45, 2.75) is 19.1 Å². The van der Waals surface area contributed by atoms with Gasteiger partial charge in [-0.15, -0.1) is 5.10 Å². The zero-order valence-electron chi connectivity index (χ0n) is 14.9. The van der Waals surface area contributed by atoms with Crippen LogP contribution in [0.5, 0.6) is 0 Å². The molecule has 1 aliphatic rings. The van der Waals surface area contributed by atoms with Crippen molar-refractivity contribution in [2.24, 2.45) is 0 Å². The fourth-order valence-electron chi connectivity index (χ4n) is 3.35. The van der Waals surface area contributed by atoms with Crippen LogP contribution >= 0.6 is 0 Å². The van der Waals surface area contributed by atoms with Gasteiger partial charge in [0.15, 0.2) is 5.82 Å². The van der Waals surface area contributed by atoms with Gasteiger partial charge in [-0.1, -0.05) is 12.1 Å². The van der Waals surface area contributed by atoms with Gasteiger partial charge in [0.25, 0.3) is 0 Å². The Morgan fingerprint density at radius 1 is 1.07 bits per heavy atom. The Kier molecular flexibility index (Phi) is 5.03. The topological polar surface area (TPSA) is 84.1 Å². The molecule has 3 N–H and O–H groups in total. The lowest BCUT2D eigenvalue weighted by Crippen LogP contribution is -2.25. The molecule has 0 aliphatic carbocycles. The summed E-state index contributed by atoms with van der Waals surface area (Å²) < 4.78 is 29.3. The lowest BCUT2D eigenvalue weighted by atomic mass is 10.0. The van der Waals surface area contributed by atoms with Crippen LogP contribution in [-0.2, 0) is 13.2 Å². The smallest absolute Gasteiger partial charge is 0.351 e. The van der Waals surface area contributed by atoms with Crippen molar-refractivity contribution >= 4 is 0 Å². The highest BCUT2D eigenvalue weighted by atomic mass is 19.1. The Hall–Kier alpha value is -2.88. The molecule has 1 aliphatic heterocycles. The first-order valence-corrected chi connectivity index (χ1v) is 8.86. The Morgan fingerprint density at radius 3 is 2.32 bits per heavy atom. The van der Waals surface area contributed by atoms with Crippen LogP contribution in [0.4, 0.5) is 8.78 Å². The second kappa shape index (κ2) is 7.63. The molecule has 0 atom stereocenters. The molecule has 3 aromatic rings. The predicted octanol–water partition coefficient (Wildman–Crippen LogP) is 1.04. The van der Waals surface area contributed by atoms with Crippen LogP contribution in [0.2, 0.25) is 0 Å². The van der Waals surface area contributed by atoms with Gasteiger partial charge in [0, 0.05) is 25.1 Å². The molecule has 1 saturated heterocycles. The summed E-state index contributed by atoms with van der Waals surface area (Å²) >= 11 is 0. The van der Waals surface area contributed by atoms with Gasteiger partial charge in [0.05, 0.1) is 12.2 Å². The molecule has 0 unspecified atom stereocenters. The Morgan fingerprint density at radius 2 is 1.71 bits per heavy atom. The van der Waals surface area contributed by atoms with E-state index in [1.807, 2.05) is 12.1 Å². The van der Waals surface area contributed by atoms with Gasteiger partial charge in [-0.05, 0) is 35.4 Å². The molecule has 0 amide bonds. The highest BCUT2D eigenvalue weighted by Crippen LogP contribution is 2.18. The lowest BCUT2D eigenvalue weighted by molar-refractivity contribution is 0.265. The number of hydrazine groups is 1. The molecule has 0 spiro atoms. The Bertz CT molecular complexity index is 1020. The molecule has 7 nitrogen and oxygen atoms in total. The number of nitrogens with one attached hydrogen (secondary N) is 2. The minimum Gasteiger partial charge on any atom is -0.388 e. The molecule has 28 heavy (non-hydrogen) atoms. The molecule has 0 radical (unpaired) electrons. The van der Waals surface area contributed by atoms with Gasteiger partial charge in [-0.25, -0.2) is 13.6 Å². The molecule has 0 saturated carbocycles. The summed E-state index contributed by atoms with van der Waals surface area (Å²) in [5, 5.41) is 13.8. The van der Waals surface area contributed by atoms with Crippen LogP contribution in [-0.4, -0.2) is 32.5 Å². The quantitative estimate of drug-likeness (QED) is 0.609. The van der Waals surface area contributed by atoms with Crippen molar-refractivity contribution in [3.8, 4) is 5.69 Å². The minimum absolute atomic E-state index is 0.0963. The van der Waals surface area contributed by atoms with Crippen LogP contribution in [0.25, 0.3) is 5.69 Å². The third kappa shape index (κ3) is 3.59. The van der Waals surface area contributed by atoms with Crippen molar-refractivity contribution < 1.29 is 13.9 Å². The highest BCUT2D eigenvalue weighted by Gasteiger charge is 2.18. The van der Waals surface area contributed by atoms with Gasteiger partial charge < -0.3 is 5.11 Å². The average molecular weight is 387 g/mol. The highest BCUT2D eigenvalue weighted by molar-refractivity contribution is 5.35. The van der Waals surface area contributed by atoms with Crippen molar-refractivity contribution in [1.82, 2.24) is 25.2 Å². The Balaban J connectivity index is 1.66. The summed E-state index contributed by atoms with van der Waals surface area (Å²) in [5.41, 5.74) is 7.60. The van der Waals surface area contributed by atoms with E-state index < -0.39 is 23.9 Å². The third-order valence-electron chi connectivity index (χ3n) is 4.77. The van der Waals surface area contributed by atoms with Gasteiger partial charge >= 0.3 is 5.69 Å². The van der Waals surface area contributed by atoms with Crippen LogP contribution in [0.15, 0.2) is 47.3 Å². The molecule has 1 fully saturated rings. The lowest BCUT2D eigenvalue weighted by Gasteiger charge is -2.08. The first kappa shape index (κ1) is 18.5. The van der Waals surface area contributed by atoms with E-state index in [2.05, 4.69) is 16.0 Å². The zero-order valence-corrected chi connectivity index (χ0v) is 14.9. The van der Waals surface area contributed by atoms with E-state index in [4.69, 9.17) is 0 Å². The Labute approximate surface area is 159 Å². The number of halogens is 2. The number of hydrogen-bond donors (Lipinski definition) is 3. The molecule has 2 aromatic carbocycles. The van der Waals surface area contributed by atoms with E-state index in [-0.39, 0.29) is 17.9 Å². The predicted molar refractivity (Wildman–Crippen MR) is 98.0 cm³/mol. The summed E-state index contributed by atoms with van der Waals surface area (Å²) in [4.78, 5) is 12.8. The molecule has 9 heteroatoms. The summed E-state index contributed by atoms with van der Waals surface area (Å²) in [6, 6.07) is 10.5. The number of aliphatic hydroxyl groups excluding tert-OH is 1. The van der Waals surface area contributed by atoms with Crippen molar-refractivity contribution in [1.29, 1.82) is 0 Å². The SMILES string of the molecule is O=c1n(-c2ccc(C3CNNC3)cc2)nc(CO)n1Cc1cc(F)cc(F)c1. The largest absolute Gasteiger partial charge is 0.388 e. The van der Waals surface area contributed by atoms with E-state index >= 15 is 0 Å². The average Bonchev–Trinajstić information content (AvgIpc) is 3.31. The second-order valence-corrected chi connectivity index (χ2v) is 6.68.